The van der Waals surface area contributed by atoms with Gasteiger partial charge in [-0.25, -0.2) is 4.98 Å². The molecule has 2 aliphatic rings. The van der Waals surface area contributed by atoms with E-state index in [2.05, 4.69) is 33.2 Å². The van der Waals surface area contributed by atoms with Crippen LogP contribution in [0.4, 0.5) is 0 Å². The second kappa shape index (κ2) is 4.63. The van der Waals surface area contributed by atoms with Crippen molar-refractivity contribution >= 4 is 21.8 Å². The normalized spacial score (nSPS) is 30.6. The molecule has 3 unspecified atom stereocenters. The van der Waals surface area contributed by atoms with Crippen molar-refractivity contribution in [1.29, 1.82) is 0 Å². The summed E-state index contributed by atoms with van der Waals surface area (Å²) in [5, 5.41) is 3.37. The first-order valence-electron chi connectivity index (χ1n) is 6.32. The number of fused-ring (bicyclic) bond motifs is 1. The van der Waals surface area contributed by atoms with Crippen LogP contribution in [0.3, 0.4) is 0 Å². The number of rotatable bonds is 1. The van der Waals surface area contributed by atoms with Gasteiger partial charge < -0.3 is 10.2 Å². The van der Waals surface area contributed by atoms with Gasteiger partial charge in [-0.2, -0.15) is 0 Å². The molecule has 3 heterocycles. The molecule has 1 amide bonds. The summed E-state index contributed by atoms with van der Waals surface area (Å²) in [5.41, 5.74) is 0.539. The lowest BCUT2D eigenvalue weighted by Crippen LogP contribution is -2.43. The van der Waals surface area contributed by atoms with E-state index in [9.17, 15) is 4.79 Å². The number of nitrogens with one attached hydrogen (secondary N) is 1. The Morgan fingerprint density at radius 3 is 3.06 bits per heavy atom. The average Bonchev–Trinajstić information content (AvgIpc) is 2.89. The third kappa shape index (κ3) is 1.95. The number of halogens is 1. The van der Waals surface area contributed by atoms with Crippen LogP contribution < -0.4 is 5.32 Å². The molecule has 0 aliphatic carbocycles. The Balaban J connectivity index is 1.85. The number of pyridine rings is 1. The van der Waals surface area contributed by atoms with Gasteiger partial charge in [0, 0.05) is 35.8 Å². The summed E-state index contributed by atoms with van der Waals surface area (Å²) in [6.07, 6.45) is 2.78. The first-order chi connectivity index (χ1) is 8.66. The first kappa shape index (κ1) is 12.1. The Kier molecular flexibility index (Phi) is 3.11. The minimum atomic E-state index is 0.0613. The van der Waals surface area contributed by atoms with Gasteiger partial charge >= 0.3 is 0 Å². The van der Waals surface area contributed by atoms with Gasteiger partial charge in [-0.1, -0.05) is 0 Å². The zero-order chi connectivity index (χ0) is 12.7. The first-order valence-corrected chi connectivity index (χ1v) is 7.11. The van der Waals surface area contributed by atoms with E-state index in [0.717, 1.165) is 24.0 Å². The lowest BCUT2D eigenvalue weighted by molar-refractivity contribution is 0.0676. The molecule has 0 spiro atoms. The highest BCUT2D eigenvalue weighted by Crippen LogP contribution is 2.33. The van der Waals surface area contributed by atoms with Crippen LogP contribution in [0, 0.1) is 5.92 Å². The molecule has 0 aromatic carbocycles. The van der Waals surface area contributed by atoms with Crippen LogP contribution in [0.25, 0.3) is 0 Å². The van der Waals surface area contributed by atoms with Crippen LogP contribution in [-0.4, -0.2) is 41.0 Å². The van der Waals surface area contributed by atoms with E-state index in [0.29, 0.717) is 23.7 Å². The van der Waals surface area contributed by atoms with Crippen LogP contribution in [0.1, 0.15) is 23.8 Å². The molecular formula is C13H16BrN3O. The number of carbonyl (C=O) groups is 1. The maximum Gasteiger partial charge on any atom is 0.272 e. The molecule has 3 atom stereocenters. The summed E-state index contributed by atoms with van der Waals surface area (Å²) >= 11 is 3.34. The molecule has 3 rings (SSSR count). The van der Waals surface area contributed by atoms with Crippen LogP contribution in [-0.2, 0) is 0 Å². The number of likely N-dealkylation sites (tertiary alicyclic amines) is 1. The van der Waals surface area contributed by atoms with Crippen LogP contribution >= 0.6 is 15.9 Å². The molecule has 0 bridgehead atoms. The number of carbonyl (C=O) groups excluding carboxylic acids is 1. The maximum absolute atomic E-state index is 12.5. The van der Waals surface area contributed by atoms with E-state index in [-0.39, 0.29) is 5.91 Å². The Morgan fingerprint density at radius 2 is 2.33 bits per heavy atom. The Hall–Kier alpha value is -0.940. The summed E-state index contributed by atoms with van der Waals surface area (Å²) in [5.74, 6) is 0.672. The average molecular weight is 310 g/mol. The Morgan fingerprint density at radius 1 is 1.50 bits per heavy atom. The monoisotopic (exact) mass is 309 g/mol. The van der Waals surface area contributed by atoms with Gasteiger partial charge in [0.25, 0.3) is 5.91 Å². The second-order valence-corrected chi connectivity index (χ2v) is 6.06. The van der Waals surface area contributed by atoms with Crippen molar-refractivity contribution in [3.8, 4) is 0 Å². The summed E-state index contributed by atoms with van der Waals surface area (Å²) in [4.78, 5) is 18.8. The molecular weight excluding hydrogens is 294 g/mol. The van der Waals surface area contributed by atoms with E-state index >= 15 is 0 Å². The lowest BCUT2D eigenvalue weighted by Gasteiger charge is -2.27. The van der Waals surface area contributed by atoms with E-state index in [1.807, 2.05) is 11.0 Å². The molecule has 2 saturated heterocycles. The van der Waals surface area contributed by atoms with Gasteiger partial charge in [-0.15, -0.1) is 0 Å². The topological polar surface area (TPSA) is 45.2 Å². The highest BCUT2D eigenvalue weighted by atomic mass is 79.9. The molecule has 2 aliphatic heterocycles. The predicted octanol–water partition coefficient (Wildman–Crippen LogP) is 1.67. The van der Waals surface area contributed by atoms with Gasteiger partial charge in [-0.3, -0.25) is 4.79 Å². The fourth-order valence-electron chi connectivity index (χ4n) is 3.15. The van der Waals surface area contributed by atoms with E-state index < -0.39 is 0 Å². The third-order valence-corrected chi connectivity index (χ3v) is 4.43. The van der Waals surface area contributed by atoms with Crippen molar-refractivity contribution in [2.75, 3.05) is 13.1 Å². The van der Waals surface area contributed by atoms with Crippen molar-refractivity contribution in [2.45, 2.75) is 25.4 Å². The highest BCUT2D eigenvalue weighted by molar-refractivity contribution is 9.10. The standard InChI is InChI=1S/C13H16BrN3O/c1-8-4-9-5-15-7-12(9)17(8)13(18)11-3-2-10(14)6-16-11/h2-3,6,8-9,12,15H,4-5,7H2,1H3. The van der Waals surface area contributed by atoms with Crippen molar-refractivity contribution < 1.29 is 4.79 Å². The molecule has 0 radical (unpaired) electrons. The third-order valence-electron chi connectivity index (χ3n) is 3.96. The quantitative estimate of drug-likeness (QED) is 0.858. The van der Waals surface area contributed by atoms with E-state index in [1.54, 1.807) is 12.3 Å². The Bertz CT molecular complexity index is 462. The molecule has 1 aromatic rings. The summed E-state index contributed by atoms with van der Waals surface area (Å²) in [6.45, 7) is 4.08. The van der Waals surface area contributed by atoms with Crippen molar-refractivity contribution in [3.05, 3.63) is 28.5 Å². The number of aromatic nitrogens is 1. The zero-order valence-corrected chi connectivity index (χ0v) is 11.9. The van der Waals surface area contributed by atoms with Crippen LogP contribution in [0.15, 0.2) is 22.8 Å². The van der Waals surface area contributed by atoms with Crippen LogP contribution in [0.2, 0.25) is 0 Å². The molecule has 2 fully saturated rings. The largest absolute Gasteiger partial charge is 0.330 e. The van der Waals surface area contributed by atoms with Gasteiger partial charge in [0.2, 0.25) is 0 Å². The smallest absolute Gasteiger partial charge is 0.272 e. The summed E-state index contributed by atoms with van der Waals surface area (Å²) in [7, 11) is 0. The minimum absolute atomic E-state index is 0.0613. The van der Waals surface area contributed by atoms with Crippen molar-refractivity contribution in [2.24, 2.45) is 5.92 Å². The van der Waals surface area contributed by atoms with Crippen molar-refractivity contribution in [1.82, 2.24) is 15.2 Å². The zero-order valence-electron chi connectivity index (χ0n) is 10.3. The lowest BCUT2D eigenvalue weighted by atomic mass is 10.0. The molecule has 18 heavy (non-hydrogen) atoms. The predicted molar refractivity (Wildman–Crippen MR) is 72.3 cm³/mol. The molecule has 1 N–H and O–H groups in total. The molecule has 0 saturated carbocycles. The number of hydrogen-bond acceptors (Lipinski definition) is 3. The van der Waals surface area contributed by atoms with Crippen molar-refractivity contribution in [3.63, 3.8) is 0 Å². The highest BCUT2D eigenvalue weighted by Gasteiger charge is 2.44. The summed E-state index contributed by atoms with van der Waals surface area (Å²) in [6, 6.07) is 4.32. The second-order valence-electron chi connectivity index (χ2n) is 5.14. The van der Waals surface area contributed by atoms with Gasteiger partial charge in [-0.05, 0) is 47.3 Å². The fourth-order valence-corrected chi connectivity index (χ4v) is 3.38. The van der Waals surface area contributed by atoms with Gasteiger partial charge in [0.05, 0.1) is 0 Å². The molecule has 1 aromatic heterocycles. The van der Waals surface area contributed by atoms with Crippen LogP contribution in [0.5, 0.6) is 0 Å². The molecule has 5 heteroatoms. The minimum Gasteiger partial charge on any atom is -0.330 e. The molecule has 96 valence electrons. The van der Waals surface area contributed by atoms with E-state index in [4.69, 9.17) is 0 Å². The summed E-state index contributed by atoms with van der Waals surface area (Å²) < 4.78 is 0.897. The number of amides is 1. The SMILES string of the molecule is CC1CC2CNCC2N1C(=O)c1ccc(Br)cn1. The maximum atomic E-state index is 12.5. The number of nitrogens with zero attached hydrogens (tertiary/aromatic N) is 2. The van der Waals surface area contributed by atoms with Gasteiger partial charge in [0.15, 0.2) is 0 Å². The number of hydrogen-bond donors (Lipinski definition) is 1. The molecule has 4 nitrogen and oxygen atoms in total. The van der Waals surface area contributed by atoms with E-state index in [1.165, 1.54) is 0 Å². The fraction of sp³-hybridized carbons (Fsp3) is 0.538. The Labute approximate surface area is 115 Å². The van der Waals surface area contributed by atoms with Gasteiger partial charge in [0.1, 0.15) is 5.69 Å².